The van der Waals surface area contributed by atoms with Crippen LogP contribution >= 0.6 is 11.3 Å². The lowest BCUT2D eigenvalue weighted by molar-refractivity contribution is 0.0742. The molecule has 1 atom stereocenters. The van der Waals surface area contributed by atoms with Crippen molar-refractivity contribution in [1.82, 2.24) is 9.88 Å². The van der Waals surface area contributed by atoms with Crippen molar-refractivity contribution in [2.75, 3.05) is 7.05 Å². The van der Waals surface area contributed by atoms with Crippen molar-refractivity contribution in [1.29, 1.82) is 0 Å². The molecule has 0 spiro atoms. The molecule has 9 heteroatoms. The summed E-state index contributed by atoms with van der Waals surface area (Å²) in [6, 6.07) is 11.9. The monoisotopic (exact) mass is 410 g/mol. The van der Waals surface area contributed by atoms with Gasteiger partial charge in [-0.2, -0.15) is 8.78 Å². The Kier molecular flexibility index (Phi) is 5.25. The first-order valence-corrected chi connectivity index (χ1v) is 10.3. The van der Waals surface area contributed by atoms with Gasteiger partial charge in [-0.05, 0) is 43.3 Å². The lowest BCUT2D eigenvalue weighted by Gasteiger charge is -2.23. The number of benzene rings is 2. The number of aromatic nitrogens is 1. The number of para-hydroxylation sites is 1. The van der Waals surface area contributed by atoms with E-state index in [1.807, 2.05) is 31.2 Å². The Morgan fingerprint density at radius 3 is 2.33 bits per heavy atom. The number of hydrogen-bond donors (Lipinski definition) is 0. The number of thiazole rings is 1. The molecule has 1 aromatic heterocycles. The van der Waals surface area contributed by atoms with E-state index >= 15 is 0 Å². The molecule has 0 unspecified atom stereocenters. The SMILES string of the molecule is C[C@@H](c1nc2ccccc2s1)N(C)C(=O)c1ccc(S(=O)(=O)C(F)F)cc1. The van der Waals surface area contributed by atoms with Gasteiger partial charge >= 0.3 is 5.76 Å². The summed E-state index contributed by atoms with van der Waals surface area (Å²) in [6.07, 6.45) is 0. The maximum atomic E-state index is 12.7. The summed E-state index contributed by atoms with van der Waals surface area (Å²) in [4.78, 5) is 18.2. The standard InChI is InChI=1S/C18H16F2N2O3S2/c1-11(16-21-14-5-3-4-6-15(14)26-16)22(2)17(23)12-7-9-13(10-8-12)27(24,25)18(19)20/h3-11,18H,1-2H3/t11-/m0/s1. The highest BCUT2D eigenvalue weighted by Crippen LogP contribution is 2.29. The summed E-state index contributed by atoms with van der Waals surface area (Å²) in [7, 11) is -3.07. The van der Waals surface area contributed by atoms with Crippen LogP contribution in [0.1, 0.15) is 28.3 Å². The maximum absolute atomic E-state index is 12.7. The molecule has 1 amide bonds. The van der Waals surface area contributed by atoms with Crippen molar-refractivity contribution in [3.05, 3.63) is 59.1 Å². The van der Waals surface area contributed by atoms with Crippen LogP contribution in [0.4, 0.5) is 8.78 Å². The zero-order valence-electron chi connectivity index (χ0n) is 14.5. The third-order valence-corrected chi connectivity index (χ3v) is 6.84. The number of carbonyl (C=O) groups is 1. The highest BCUT2D eigenvalue weighted by Gasteiger charge is 2.27. The normalized spacial score (nSPS) is 13.1. The van der Waals surface area contributed by atoms with Crippen LogP contribution in [-0.4, -0.2) is 37.0 Å². The lowest BCUT2D eigenvalue weighted by atomic mass is 10.2. The van der Waals surface area contributed by atoms with E-state index in [9.17, 15) is 22.0 Å². The van der Waals surface area contributed by atoms with E-state index in [1.165, 1.54) is 28.4 Å². The van der Waals surface area contributed by atoms with Crippen LogP contribution in [0.15, 0.2) is 53.4 Å². The molecule has 0 N–H and O–H groups in total. The number of fused-ring (bicyclic) bond motifs is 1. The molecule has 0 aliphatic carbocycles. The fourth-order valence-corrected chi connectivity index (χ4v) is 4.29. The van der Waals surface area contributed by atoms with E-state index in [1.54, 1.807) is 7.05 Å². The van der Waals surface area contributed by atoms with Gasteiger partial charge in [0.2, 0.25) is 9.84 Å². The predicted octanol–water partition coefficient (Wildman–Crippen LogP) is 4.13. The Morgan fingerprint density at radius 1 is 1.11 bits per heavy atom. The molecule has 0 aliphatic rings. The molecule has 5 nitrogen and oxygen atoms in total. The molecule has 2 aromatic carbocycles. The molecule has 0 aliphatic heterocycles. The topological polar surface area (TPSA) is 67.3 Å². The molecule has 1 heterocycles. The number of nitrogens with zero attached hydrogens (tertiary/aromatic N) is 2. The third-order valence-electron chi connectivity index (χ3n) is 4.23. The molecular weight excluding hydrogens is 394 g/mol. The molecule has 0 radical (unpaired) electrons. The zero-order chi connectivity index (χ0) is 19.8. The van der Waals surface area contributed by atoms with E-state index in [2.05, 4.69) is 4.98 Å². The van der Waals surface area contributed by atoms with Gasteiger partial charge in [-0.15, -0.1) is 11.3 Å². The average molecular weight is 410 g/mol. The number of hydrogen-bond acceptors (Lipinski definition) is 5. The van der Waals surface area contributed by atoms with Crippen molar-refractivity contribution in [3.8, 4) is 0 Å². The van der Waals surface area contributed by atoms with Crippen LogP contribution in [0.3, 0.4) is 0 Å². The Morgan fingerprint density at radius 2 is 1.74 bits per heavy atom. The largest absolute Gasteiger partial charge is 0.341 e. The second-order valence-corrected chi connectivity index (χ2v) is 8.92. The third kappa shape index (κ3) is 3.70. The van der Waals surface area contributed by atoms with Crippen molar-refractivity contribution >= 4 is 37.3 Å². The summed E-state index contributed by atoms with van der Waals surface area (Å²) in [5, 5.41) is 0.768. The van der Waals surface area contributed by atoms with Gasteiger partial charge in [-0.25, -0.2) is 13.4 Å². The molecule has 27 heavy (non-hydrogen) atoms. The molecule has 142 valence electrons. The Balaban J connectivity index is 1.82. The highest BCUT2D eigenvalue weighted by molar-refractivity contribution is 7.91. The summed E-state index contributed by atoms with van der Waals surface area (Å²) in [5.74, 6) is -3.86. The number of carbonyl (C=O) groups excluding carboxylic acids is 1. The minimum Gasteiger partial charge on any atom is -0.333 e. The van der Waals surface area contributed by atoms with E-state index in [4.69, 9.17) is 0 Å². The number of rotatable bonds is 5. The van der Waals surface area contributed by atoms with Gasteiger partial charge in [0.1, 0.15) is 5.01 Å². The average Bonchev–Trinajstić information content (AvgIpc) is 3.10. The second-order valence-electron chi connectivity index (χ2n) is 5.94. The van der Waals surface area contributed by atoms with Gasteiger partial charge in [0.25, 0.3) is 5.91 Å². The first-order chi connectivity index (χ1) is 12.7. The van der Waals surface area contributed by atoms with Crippen molar-refractivity contribution in [2.45, 2.75) is 23.6 Å². The maximum Gasteiger partial charge on any atom is 0.341 e. The highest BCUT2D eigenvalue weighted by atomic mass is 32.2. The molecule has 0 saturated carbocycles. The van der Waals surface area contributed by atoms with Gasteiger partial charge in [-0.1, -0.05) is 12.1 Å². The Hall–Kier alpha value is -2.39. The minimum atomic E-state index is -4.68. The van der Waals surface area contributed by atoms with E-state index in [-0.39, 0.29) is 17.5 Å². The van der Waals surface area contributed by atoms with Crippen molar-refractivity contribution in [2.24, 2.45) is 0 Å². The van der Waals surface area contributed by atoms with Crippen LogP contribution in [0.5, 0.6) is 0 Å². The van der Waals surface area contributed by atoms with E-state index < -0.39 is 20.5 Å². The van der Waals surface area contributed by atoms with Crippen molar-refractivity contribution < 1.29 is 22.0 Å². The van der Waals surface area contributed by atoms with E-state index in [0.717, 1.165) is 27.4 Å². The number of halogens is 2. The minimum absolute atomic E-state index is 0.207. The van der Waals surface area contributed by atoms with Crippen LogP contribution in [0.25, 0.3) is 10.2 Å². The molecule has 3 aromatic rings. The number of sulfone groups is 1. The predicted molar refractivity (Wildman–Crippen MR) is 99.8 cm³/mol. The summed E-state index contributed by atoms with van der Waals surface area (Å²) < 4.78 is 49.2. The summed E-state index contributed by atoms with van der Waals surface area (Å²) in [5.41, 5.74) is 1.06. The molecule has 0 bridgehead atoms. The quantitative estimate of drug-likeness (QED) is 0.634. The first-order valence-electron chi connectivity index (χ1n) is 7.96. The van der Waals surface area contributed by atoms with Crippen LogP contribution in [0.2, 0.25) is 0 Å². The fraction of sp³-hybridized carbons (Fsp3) is 0.222. The molecule has 3 rings (SSSR count). The van der Waals surface area contributed by atoms with Crippen LogP contribution in [-0.2, 0) is 9.84 Å². The first kappa shape index (κ1) is 19.4. The summed E-state index contributed by atoms with van der Waals surface area (Å²) in [6.45, 7) is 1.84. The molecular formula is C18H16F2N2O3S2. The molecule has 0 fully saturated rings. The van der Waals surface area contributed by atoms with Crippen LogP contribution in [0, 0.1) is 0 Å². The van der Waals surface area contributed by atoms with Crippen LogP contribution < -0.4 is 0 Å². The fourth-order valence-electron chi connectivity index (χ4n) is 2.50. The number of amides is 1. The van der Waals surface area contributed by atoms with Gasteiger partial charge in [0, 0.05) is 12.6 Å². The van der Waals surface area contributed by atoms with Gasteiger partial charge < -0.3 is 4.90 Å². The van der Waals surface area contributed by atoms with Gasteiger partial charge in [0.05, 0.1) is 21.2 Å². The Labute approximate surface area is 159 Å². The Bertz CT molecular complexity index is 1050. The van der Waals surface area contributed by atoms with Crippen molar-refractivity contribution in [3.63, 3.8) is 0 Å². The summed E-state index contributed by atoms with van der Waals surface area (Å²) >= 11 is 1.49. The van der Waals surface area contributed by atoms with E-state index in [0.29, 0.717) is 0 Å². The smallest absolute Gasteiger partial charge is 0.333 e. The zero-order valence-corrected chi connectivity index (χ0v) is 16.1. The lowest BCUT2D eigenvalue weighted by Crippen LogP contribution is -2.29. The molecule has 0 saturated heterocycles. The van der Waals surface area contributed by atoms with Gasteiger partial charge in [-0.3, -0.25) is 4.79 Å². The second kappa shape index (κ2) is 7.32. The number of alkyl halides is 2. The van der Waals surface area contributed by atoms with Gasteiger partial charge in [0.15, 0.2) is 0 Å².